The Labute approximate surface area is 183 Å². The average molecular weight is 442 g/mol. The quantitative estimate of drug-likeness (QED) is 0.648. The number of halogens is 1. The van der Waals surface area contributed by atoms with Crippen LogP contribution in [0.25, 0.3) is 5.69 Å². The number of anilines is 1. The summed E-state index contributed by atoms with van der Waals surface area (Å²) in [5.41, 5.74) is 2.58. The molecule has 0 saturated carbocycles. The molecule has 7 nitrogen and oxygen atoms in total. The SMILES string of the molecule is CC(c1ccc(-n2cncn2)cc1)N(C)C(=O)CC1Sc2ccc(Cl)cc2NC1=O. The van der Waals surface area contributed by atoms with E-state index >= 15 is 0 Å². The number of fused-ring (bicyclic) bond motifs is 1. The van der Waals surface area contributed by atoms with E-state index in [2.05, 4.69) is 15.4 Å². The van der Waals surface area contributed by atoms with Gasteiger partial charge < -0.3 is 10.2 Å². The van der Waals surface area contributed by atoms with Gasteiger partial charge >= 0.3 is 0 Å². The molecule has 1 aromatic heterocycles. The van der Waals surface area contributed by atoms with Crippen molar-refractivity contribution in [2.45, 2.75) is 29.5 Å². The summed E-state index contributed by atoms with van der Waals surface area (Å²) in [6.45, 7) is 1.97. The molecule has 0 aliphatic carbocycles. The zero-order valence-corrected chi connectivity index (χ0v) is 18.0. The van der Waals surface area contributed by atoms with Crippen LogP contribution >= 0.6 is 23.4 Å². The van der Waals surface area contributed by atoms with E-state index in [1.165, 1.54) is 18.1 Å². The minimum absolute atomic E-state index is 0.0899. The molecular formula is C21H20ClN5O2S. The van der Waals surface area contributed by atoms with Gasteiger partial charge in [-0.05, 0) is 42.8 Å². The van der Waals surface area contributed by atoms with Crippen molar-refractivity contribution < 1.29 is 9.59 Å². The summed E-state index contributed by atoms with van der Waals surface area (Å²) < 4.78 is 1.67. The molecule has 3 aromatic rings. The molecule has 1 aliphatic heterocycles. The topological polar surface area (TPSA) is 80.1 Å². The number of thioether (sulfide) groups is 1. The van der Waals surface area contributed by atoms with Gasteiger partial charge in [-0.1, -0.05) is 23.7 Å². The molecule has 0 radical (unpaired) electrons. The summed E-state index contributed by atoms with van der Waals surface area (Å²) >= 11 is 7.38. The number of carbonyl (C=O) groups is 2. The van der Waals surface area contributed by atoms with Gasteiger partial charge in [0.15, 0.2) is 0 Å². The maximum Gasteiger partial charge on any atom is 0.238 e. The van der Waals surface area contributed by atoms with Gasteiger partial charge in [-0.3, -0.25) is 9.59 Å². The van der Waals surface area contributed by atoms with E-state index < -0.39 is 5.25 Å². The highest BCUT2D eigenvalue weighted by Gasteiger charge is 2.31. The average Bonchev–Trinajstić information content (AvgIpc) is 3.28. The highest BCUT2D eigenvalue weighted by molar-refractivity contribution is 8.01. The first-order valence-corrected chi connectivity index (χ1v) is 10.7. The van der Waals surface area contributed by atoms with Gasteiger partial charge in [0.2, 0.25) is 11.8 Å². The van der Waals surface area contributed by atoms with Gasteiger partial charge in [0, 0.05) is 23.4 Å². The van der Waals surface area contributed by atoms with Gasteiger partial charge in [0.25, 0.3) is 0 Å². The van der Waals surface area contributed by atoms with Crippen LogP contribution in [0.15, 0.2) is 60.0 Å². The van der Waals surface area contributed by atoms with Crippen LogP contribution in [0.2, 0.25) is 5.02 Å². The summed E-state index contributed by atoms with van der Waals surface area (Å²) in [4.78, 5) is 31.9. The fourth-order valence-electron chi connectivity index (χ4n) is 3.25. The molecule has 2 heterocycles. The van der Waals surface area contributed by atoms with Crippen LogP contribution in [0.1, 0.15) is 24.9 Å². The Bertz CT molecular complexity index is 1070. The van der Waals surface area contributed by atoms with E-state index in [-0.39, 0.29) is 24.3 Å². The summed E-state index contributed by atoms with van der Waals surface area (Å²) in [5.74, 6) is -0.269. The van der Waals surface area contributed by atoms with Crippen LogP contribution in [0, 0.1) is 0 Å². The van der Waals surface area contributed by atoms with Crippen LogP contribution in [0.3, 0.4) is 0 Å². The van der Waals surface area contributed by atoms with Crippen LogP contribution in [-0.2, 0) is 9.59 Å². The lowest BCUT2D eigenvalue weighted by Gasteiger charge is -2.29. The number of amides is 2. The van der Waals surface area contributed by atoms with Crippen molar-refractivity contribution in [1.82, 2.24) is 19.7 Å². The highest BCUT2D eigenvalue weighted by atomic mass is 35.5. The monoisotopic (exact) mass is 441 g/mol. The molecule has 4 rings (SSSR count). The second-order valence-corrected chi connectivity index (χ2v) is 8.73. The molecule has 1 aliphatic rings. The first-order chi connectivity index (χ1) is 14.4. The predicted octanol–water partition coefficient (Wildman–Crippen LogP) is 3.94. The van der Waals surface area contributed by atoms with Gasteiger partial charge in [-0.2, -0.15) is 5.10 Å². The molecule has 30 heavy (non-hydrogen) atoms. The Hall–Kier alpha value is -2.84. The number of carbonyl (C=O) groups excluding carboxylic acids is 2. The lowest BCUT2D eigenvalue weighted by atomic mass is 10.1. The highest BCUT2D eigenvalue weighted by Crippen LogP contribution is 2.38. The van der Waals surface area contributed by atoms with Crippen molar-refractivity contribution in [3.63, 3.8) is 0 Å². The minimum atomic E-state index is -0.476. The second kappa shape index (κ2) is 8.49. The number of aromatic nitrogens is 3. The summed E-state index contributed by atoms with van der Waals surface area (Å²) in [6.07, 6.45) is 3.24. The van der Waals surface area contributed by atoms with Crippen LogP contribution < -0.4 is 5.32 Å². The van der Waals surface area contributed by atoms with Crippen LogP contribution in [0.4, 0.5) is 5.69 Å². The van der Waals surface area contributed by atoms with Gasteiger partial charge in [0.1, 0.15) is 12.7 Å². The second-order valence-electron chi connectivity index (χ2n) is 7.05. The zero-order valence-electron chi connectivity index (χ0n) is 16.4. The lowest BCUT2D eigenvalue weighted by Crippen LogP contribution is -2.36. The van der Waals surface area contributed by atoms with E-state index in [1.54, 1.807) is 35.1 Å². The molecule has 2 amide bonds. The van der Waals surface area contributed by atoms with Crippen molar-refractivity contribution in [2.24, 2.45) is 0 Å². The Kier molecular flexibility index (Phi) is 5.78. The van der Waals surface area contributed by atoms with Crippen molar-refractivity contribution in [3.05, 3.63) is 65.7 Å². The largest absolute Gasteiger partial charge is 0.339 e. The van der Waals surface area contributed by atoms with Gasteiger partial charge in [-0.25, -0.2) is 9.67 Å². The third kappa shape index (κ3) is 4.20. The molecule has 0 saturated heterocycles. The Morgan fingerprint density at radius 3 is 2.77 bits per heavy atom. The molecule has 154 valence electrons. The number of nitrogens with zero attached hydrogens (tertiary/aromatic N) is 4. The third-order valence-electron chi connectivity index (χ3n) is 5.15. The van der Waals surface area contributed by atoms with Crippen LogP contribution in [0.5, 0.6) is 0 Å². The summed E-state index contributed by atoms with van der Waals surface area (Å²) in [5, 5.41) is 7.04. The smallest absolute Gasteiger partial charge is 0.238 e. The molecule has 2 unspecified atom stereocenters. The Morgan fingerprint density at radius 2 is 2.07 bits per heavy atom. The maximum absolute atomic E-state index is 12.9. The number of hydrogen-bond donors (Lipinski definition) is 1. The third-order valence-corrected chi connectivity index (χ3v) is 6.66. The number of rotatable bonds is 5. The standard InChI is InChI=1S/C21H20ClN5O2S/c1-13(14-3-6-16(7-4-14)27-12-23-11-24-27)26(2)20(28)10-19-21(29)25-17-9-15(22)5-8-18(17)30-19/h3-9,11-13,19H,10H2,1-2H3,(H,25,29). The first-order valence-electron chi connectivity index (χ1n) is 9.40. The molecule has 0 spiro atoms. The molecular weight excluding hydrogens is 422 g/mol. The van der Waals surface area contributed by atoms with Crippen molar-refractivity contribution in [2.75, 3.05) is 12.4 Å². The fraction of sp³-hybridized carbons (Fsp3) is 0.238. The van der Waals surface area contributed by atoms with E-state index in [0.717, 1.165) is 16.1 Å². The van der Waals surface area contributed by atoms with E-state index in [0.29, 0.717) is 10.7 Å². The van der Waals surface area contributed by atoms with Gasteiger partial charge in [0.05, 0.1) is 22.7 Å². The summed E-state index contributed by atoms with van der Waals surface area (Å²) in [6, 6.07) is 13.0. The fourth-order valence-corrected chi connectivity index (χ4v) is 4.50. The normalized spacial score (nSPS) is 16.5. The van der Waals surface area contributed by atoms with Crippen molar-refractivity contribution in [3.8, 4) is 5.69 Å². The lowest BCUT2D eigenvalue weighted by molar-refractivity contribution is -0.133. The molecule has 0 fully saturated rings. The molecule has 2 atom stereocenters. The van der Waals surface area contributed by atoms with Crippen LogP contribution in [-0.4, -0.2) is 43.8 Å². The Morgan fingerprint density at radius 1 is 1.30 bits per heavy atom. The van der Waals surface area contributed by atoms with Crippen molar-refractivity contribution in [1.29, 1.82) is 0 Å². The molecule has 2 aromatic carbocycles. The van der Waals surface area contributed by atoms with Gasteiger partial charge in [-0.15, -0.1) is 11.8 Å². The first kappa shape index (κ1) is 20.4. The number of hydrogen-bond acceptors (Lipinski definition) is 5. The predicted molar refractivity (Wildman–Crippen MR) is 117 cm³/mol. The van der Waals surface area contributed by atoms with E-state index in [4.69, 9.17) is 11.6 Å². The molecule has 1 N–H and O–H groups in total. The Balaban J connectivity index is 1.42. The number of benzene rings is 2. The molecule has 0 bridgehead atoms. The summed E-state index contributed by atoms with van der Waals surface area (Å²) in [7, 11) is 1.76. The zero-order chi connectivity index (χ0) is 21.3. The van der Waals surface area contributed by atoms with E-state index in [1.807, 2.05) is 37.3 Å². The molecule has 9 heteroatoms. The number of nitrogens with one attached hydrogen (secondary N) is 1. The van der Waals surface area contributed by atoms with Crippen molar-refractivity contribution >= 4 is 40.9 Å². The maximum atomic E-state index is 12.9. The van der Waals surface area contributed by atoms with E-state index in [9.17, 15) is 9.59 Å². The minimum Gasteiger partial charge on any atom is -0.339 e.